The Balaban J connectivity index is 1.98. The van der Waals surface area contributed by atoms with Gasteiger partial charge in [-0.15, -0.1) is 15.3 Å². The Hall–Kier alpha value is -2.89. The quantitative estimate of drug-likeness (QED) is 0.659. The summed E-state index contributed by atoms with van der Waals surface area (Å²) < 4.78 is 54.5. The van der Waals surface area contributed by atoms with Crippen LogP contribution < -0.4 is 5.32 Å². The first-order valence-electron chi connectivity index (χ1n) is 7.91. The standard InChI is InChI=1S/C16H14F4N6OS/c1-15(2,3)13-23-24-14(28-13)21-12(27)10-11(16(18,19)20)26(25-22-10)9-6-4-5-8(17)7-9/h4-7H,1-3H3,(H,21,24,27). The van der Waals surface area contributed by atoms with E-state index in [1.54, 1.807) is 0 Å². The molecule has 28 heavy (non-hydrogen) atoms. The number of hydrogen-bond donors (Lipinski definition) is 1. The molecule has 148 valence electrons. The topological polar surface area (TPSA) is 85.6 Å². The van der Waals surface area contributed by atoms with E-state index in [9.17, 15) is 22.4 Å². The smallest absolute Gasteiger partial charge is 0.295 e. The Morgan fingerprint density at radius 1 is 1.14 bits per heavy atom. The second-order valence-corrected chi connectivity index (χ2v) is 7.77. The van der Waals surface area contributed by atoms with Crippen molar-refractivity contribution < 1.29 is 22.4 Å². The minimum Gasteiger partial charge on any atom is -0.295 e. The molecule has 0 atom stereocenters. The molecule has 0 fully saturated rings. The van der Waals surface area contributed by atoms with Gasteiger partial charge in [0.1, 0.15) is 10.8 Å². The van der Waals surface area contributed by atoms with Crippen molar-refractivity contribution in [2.45, 2.75) is 32.4 Å². The summed E-state index contributed by atoms with van der Waals surface area (Å²) in [6, 6.07) is 4.37. The van der Waals surface area contributed by atoms with Crippen LogP contribution in [-0.2, 0) is 11.6 Å². The van der Waals surface area contributed by atoms with Gasteiger partial charge < -0.3 is 0 Å². The summed E-state index contributed by atoms with van der Waals surface area (Å²) in [5, 5.41) is 17.3. The predicted octanol–water partition coefficient (Wildman–Crippen LogP) is 3.83. The lowest BCUT2D eigenvalue weighted by Crippen LogP contribution is -2.21. The Bertz CT molecular complexity index is 1020. The molecule has 2 heterocycles. The maximum atomic E-state index is 13.6. The van der Waals surface area contributed by atoms with Gasteiger partial charge in [0.05, 0.1) is 5.69 Å². The van der Waals surface area contributed by atoms with Crippen LogP contribution >= 0.6 is 11.3 Å². The van der Waals surface area contributed by atoms with Gasteiger partial charge in [-0.3, -0.25) is 10.1 Å². The molecule has 0 unspecified atom stereocenters. The zero-order chi connectivity index (χ0) is 20.7. The van der Waals surface area contributed by atoms with Gasteiger partial charge in [-0.1, -0.05) is 43.4 Å². The number of amides is 1. The highest BCUT2D eigenvalue weighted by Gasteiger charge is 2.42. The van der Waals surface area contributed by atoms with Crippen molar-refractivity contribution in [2.24, 2.45) is 0 Å². The van der Waals surface area contributed by atoms with Crippen molar-refractivity contribution in [1.29, 1.82) is 0 Å². The molecule has 3 aromatic rings. The fourth-order valence-corrected chi connectivity index (χ4v) is 3.01. The van der Waals surface area contributed by atoms with E-state index in [4.69, 9.17) is 0 Å². The minimum atomic E-state index is -4.96. The van der Waals surface area contributed by atoms with Gasteiger partial charge in [0, 0.05) is 5.41 Å². The first-order chi connectivity index (χ1) is 13.0. The van der Waals surface area contributed by atoms with Gasteiger partial charge >= 0.3 is 6.18 Å². The third-order valence-corrected chi connectivity index (χ3v) is 4.76. The van der Waals surface area contributed by atoms with E-state index in [0.717, 1.165) is 23.5 Å². The highest BCUT2D eigenvalue weighted by Crippen LogP contribution is 2.33. The molecule has 0 spiro atoms. The van der Waals surface area contributed by atoms with Gasteiger partial charge in [0.2, 0.25) is 5.13 Å². The number of nitrogens with zero attached hydrogens (tertiary/aromatic N) is 5. The molecular formula is C16H14F4N6OS. The number of carbonyl (C=O) groups excluding carboxylic acids is 1. The zero-order valence-electron chi connectivity index (χ0n) is 14.9. The van der Waals surface area contributed by atoms with Crippen LogP contribution in [0.4, 0.5) is 22.7 Å². The molecule has 12 heteroatoms. The van der Waals surface area contributed by atoms with Crippen molar-refractivity contribution in [1.82, 2.24) is 25.2 Å². The van der Waals surface area contributed by atoms with E-state index in [-0.39, 0.29) is 16.2 Å². The lowest BCUT2D eigenvalue weighted by Gasteiger charge is -2.12. The number of anilines is 1. The number of carbonyl (C=O) groups is 1. The van der Waals surface area contributed by atoms with Gasteiger partial charge in [0.25, 0.3) is 5.91 Å². The lowest BCUT2D eigenvalue weighted by atomic mass is 9.98. The summed E-state index contributed by atoms with van der Waals surface area (Å²) >= 11 is 1.04. The Morgan fingerprint density at radius 2 is 1.86 bits per heavy atom. The average Bonchev–Trinajstić information content (AvgIpc) is 3.20. The predicted molar refractivity (Wildman–Crippen MR) is 92.9 cm³/mol. The van der Waals surface area contributed by atoms with Crippen LogP contribution in [0.1, 0.15) is 42.0 Å². The van der Waals surface area contributed by atoms with Crippen LogP contribution in [0.3, 0.4) is 0 Å². The third kappa shape index (κ3) is 4.01. The summed E-state index contributed by atoms with van der Waals surface area (Å²) in [6.07, 6.45) is -4.96. The summed E-state index contributed by atoms with van der Waals surface area (Å²) in [5.74, 6) is -1.90. The molecule has 0 saturated heterocycles. The molecule has 0 aliphatic rings. The molecule has 0 aliphatic heterocycles. The molecular weight excluding hydrogens is 400 g/mol. The second-order valence-electron chi connectivity index (χ2n) is 6.79. The Labute approximate surface area is 160 Å². The number of benzene rings is 1. The first-order valence-corrected chi connectivity index (χ1v) is 8.72. The number of halogens is 4. The van der Waals surface area contributed by atoms with Crippen molar-refractivity contribution in [3.63, 3.8) is 0 Å². The highest BCUT2D eigenvalue weighted by molar-refractivity contribution is 7.15. The fraction of sp³-hybridized carbons (Fsp3) is 0.312. The Morgan fingerprint density at radius 3 is 2.43 bits per heavy atom. The molecule has 1 N–H and O–H groups in total. The zero-order valence-corrected chi connectivity index (χ0v) is 15.7. The maximum Gasteiger partial charge on any atom is 0.435 e. The van der Waals surface area contributed by atoms with Gasteiger partial charge in [-0.25, -0.2) is 9.07 Å². The third-order valence-electron chi connectivity index (χ3n) is 3.49. The maximum absolute atomic E-state index is 13.6. The van der Waals surface area contributed by atoms with E-state index in [1.165, 1.54) is 12.1 Å². The minimum absolute atomic E-state index is 0.0309. The normalized spacial score (nSPS) is 12.2. The van der Waals surface area contributed by atoms with Gasteiger partial charge in [-0.05, 0) is 18.2 Å². The largest absolute Gasteiger partial charge is 0.435 e. The lowest BCUT2D eigenvalue weighted by molar-refractivity contribution is -0.143. The molecule has 1 aromatic carbocycles. The van der Waals surface area contributed by atoms with Crippen LogP contribution in [0.5, 0.6) is 0 Å². The molecule has 0 radical (unpaired) electrons. The molecule has 0 aliphatic carbocycles. The molecule has 1 amide bonds. The van der Waals surface area contributed by atoms with Crippen LogP contribution in [0, 0.1) is 5.82 Å². The molecule has 0 saturated carbocycles. The summed E-state index contributed by atoms with van der Waals surface area (Å²) in [5.41, 5.74) is -2.93. The van der Waals surface area contributed by atoms with Crippen molar-refractivity contribution in [3.05, 3.63) is 46.5 Å². The van der Waals surface area contributed by atoms with E-state index in [2.05, 4.69) is 25.8 Å². The monoisotopic (exact) mass is 414 g/mol. The molecule has 0 bridgehead atoms. The van der Waals surface area contributed by atoms with E-state index in [0.29, 0.717) is 9.69 Å². The van der Waals surface area contributed by atoms with Crippen LogP contribution in [0.15, 0.2) is 24.3 Å². The summed E-state index contributed by atoms with van der Waals surface area (Å²) in [4.78, 5) is 12.4. The molecule has 3 rings (SSSR count). The van der Waals surface area contributed by atoms with E-state index in [1.807, 2.05) is 20.8 Å². The van der Waals surface area contributed by atoms with Crippen LogP contribution in [0.25, 0.3) is 5.69 Å². The van der Waals surface area contributed by atoms with Crippen molar-refractivity contribution in [2.75, 3.05) is 5.32 Å². The number of rotatable bonds is 3. The van der Waals surface area contributed by atoms with Crippen molar-refractivity contribution >= 4 is 22.4 Å². The fourth-order valence-electron chi connectivity index (χ4n) is 2.21. The first kappa shape index (κ1) is 19.9. The Kier molecular flexibility index (Phi) is 4.91. The SMILES string of the molecule is CC(C)(C)c1nnc(NC(=O)c2nnn(-c3cccc(F)c3)c2C(F)(F)F)s1. The highest BCUT2D eigenvalue weighted by atomic mass is 32.1. The average molecular weight is 414 g/mol. The van der Waals surface area contributed by atoms with E-state index >= 15 is 0 Å². The van der Waals surface area contributed by atoms with Gasteiger partial charge in [0.15, 0.2) is 11.4 Å². The van der Waals surface area contributed by atoms with Gasteiger partial charge in [-0.2, -0.15) is 13.2 Å². The number of nitrogens with one attached hydrogen (secondary N) is 1. The molecule has 2 aromatic heterocycles. The summed E-state index contributed by atoms with van der Waals surface area (Å²) in [6.45, 7) is 5.64. The van der Waals surface area contributed by atoms with E-state index < -0.39 is 29.3 Å². The second kappa shape index (κ2) is 6.93. The number of alkyl halides is 3. The summed E-state index contributed by atoms with van der Waals surface area (Å²) in [7, 11) is 0. The van der Waals surface area contributed by atoms with Crippen LogP contribution in [-0.4, -0.2) is 31.1 Å². The molecule has 7 nitrogen and oxygen atoms in total. The van der Waals surface area contributed by atoms with Crippen LogP contribution in [0.2, 0.25) is 0 Å². The van der Waals surface area contributed by atoms with Crippen molar-refractivity contribution in [3.8, 4) is 5.69 Å². The number of aromatic nitrogens is 5. The number of hydrogen-bond acceptors (Lipinski definition) is 6.